The summed E-state index contributed by atoms with van der Waals surface area (Å²) in [5, 5.41) is 1.95. The molecule has 1 aromatic rings. The Morgan fingerprint density at radius 1 is 1.05 bits per heavy atom. The summed E-state index contributed by atoms with van der Waals surface area (Å²) in [6.07, 6.45) is 0. The van der Waals surface area contributed by atoms with E-state index < -0.39 is 0 Å². The maximum atomic E-state index is 5.42. The van der Waals surface area contributed by atoms with Crippen LogP contribution in [0.1, 0.15) is 63.1 Å². The standard InChI is InChI=1S/C17H26OSi/c1-11(2)15-13(5)7-8-14(16(15)12(3)4)19-17(6)9-18-10-17/h7-8,11-12H,9-10H2,1-6H3. The molecule has 0 saturated carbocycles. The van der Waals surface area contributed by atoms with Crippen molar-refractivity contribution in [3.8, 4) is 0 Å². The largest absolute Gasteiger partial charge is 0.381 e. The van der Waals surface area contributed by atoms with Crippen molar-refractivity contribution >= 4 is 14.7 Å². The Labute approximate surface area is 120 Å². The summed E-state index contributed by atoms with van der Waals surface area (Å²) in [5.74, 6) is 1.21. The van der Waals surface area contributed by atoms with E-state index in [1.165, 1.54) is 5.56 Å². The average Bonchev–Trinajstić information content (AvgIpc) is 2.28. The molecule has 0 bridgehead atoms. The highest BCUT2D eigenvalue weighted by molar-refractivity contribution is 6.57. The van der Waals surface area contributed by atoms with E-state index in [2.05, 4.69) is 53.7 Å². The maximum Gasteiger partial charge on any atom is 0.0933 e. The van der Waals surface area contributed by atoms with Crippen LogP contribution in [-0.2, 0) is 4.74 Å². The summed E-state index contributed by atoms with van der Waals surface area (Å²) >= 11 is 0. The molecule has 1 aromatic carbocycles. The second-order valence-corrected chi connectivity index (χ2v) is 8.74. The Kier molecular flexibility index (Phi) is 4.22. The summed E-state index contributed by atoms with van der Waals surface area (Å²) < 4.78 is 5.42. The summed E-state index contributed by atoms with van der Waals surface area (Å²) in [7, 11) is 0.870. The van der Waals surface area contributed by atoms with Crippen molar-refractivity contribution in [2.45, 2.75) is 58.4 Å². The highest BCUT2D eigenvalue weighted by Gasteiger charge is 2.35. The molecule has 0 N–H and O–H groups in total. The van der Waals surface area contributed by atoms with Gasteiger partial charge >= 0.3 is 0 Å². The lowest BCUT2D eigenvalue weighted by atomic mass is 9.87. The molecule has 0 unspecified atom stereocenters. The third kappa shape index (κ3) is 2.95. The van der Waals surface area contributed by atoms with Gasteiger partial charge in [-0.05, 0) is 35.4 Å². The lowest BCUT2D eigenvalue weighted by Gasteiger charge is -2.38. The molecule has 1 fully saturated rings. The molecule has 1 saturated heterocycles. The van der Waals surface area contributed by atoms with Crippen LogP contribution in [0.2, 0.25) is 5.04 Å². The van der Waals surface area contributed by atoms with E-state index in [4.69, 9.17) is 4.74 Å². The van der Waals surface area contributed by atoms with Crippen molar-refractivity contribution < 1.29 is 4.74 Å². The Hall–Kier alpha value is -0.603. The van der Waals surface area contributed by atoms with Crippen molar-refractivity contribution in [2.24, 2.45) is 0 Å². The number of ether oxygens (including phenoxy) is 1. The molecule has 19 heavy (non-hydrogen) atoms. The van der Waals surface area contributed by atoms with Crippen LogP contribution in [0.3, 0.4) is 0 Å². The van der Waals surface area contributed by atoms with Gasteiger partial charge in [-0.15, -0.1) is 0 Å². The third-order valence-corrected chi connectivity index (χ3v) is 5.54. The van der Waals surface area contributed by atoms with E-state index in [-0.39, 0.29) is 0 Å². The molecular weight excluding hydrogens is 248 g/mol. The fourth-order valence-electron chi connectivity index (χ4n) is 3.05. The van der Waals surface area contributed by atoms with Crippen molar-refractivity contribution in [1.29, 1.82) is 0 Å². The van der Waals surface area contributed by atoms with Crippen LogP contribution in [0.4, 0.5) is 0 Å². The van der Waals surface area contributed by atoms with Gasteiger partial charge in [0.1, 0.15) is 0 Å². The number of hydrogen-bond acceptors (Lipinski definition) is 1. The van der Waals surface area contributed by atoms with Gasteiger partial charge in [-0.2, -0.15) is 0 Å². The molecule has 0 aromatic heterocycles. The second-order valence-electron chi connectivity index (χ2n) is 6.75. The monoisotopic (exact) mass is 274 g/mol. The van der Waals surface area contributed by atoms with Crippen LogP contribution < -0.4 is 5.19 Å². The average molecular weight is 274 g/mol. The number of rotatable bonds is 4. The predicted molar refractivity (Wildman–Crippen MR) is 83.9 cm³/mol. The van der Waals surface area contributed by atoms with Crippen LogP contribution in [0.5, 0.6) is 0 Å². The predicted octanol–water partition coefficient (Wildman–Crippen LogP) is 3.78. The van der Waals surface area contributed by atoms with Gasteiger partial charge in [0.25, 0.3) is 0 Å². The van der Waals surface area contributed by atoms with Crippen LogP contribution in [0, 0.1) is 6.92 Å². The first-order chi connectivity index (χ1) is 8.84. The van der Waals surface area contributed by atoms with E-state index in [1.54, 1.807) is 16.3 Å². The fraction of sp³-hybridized carbons (Fsp3) is 0.647. The molecule has 1 aliphatic rings. The lowest BCUT2D eigenvalue weighted by molar-refractivity contribution is -0.0109. The SMILES string of the molecule is Cc1ccc([Si]C2(C)COC2)c(C(C)C)c1C(C)C. The van der Waals surface area contributed by atoms with Crippen LogP contribution in [0.25, 0.3) is 0 Å². The molecule has 104 valence electrons. The van der Waals surface area contributed by atoms with Gasteiger partial charge in [-0.1, -0.05) is 51.9 Å². The van der Waals surface area contributed by atoms with Crippen molar-refractivity contribution in [3.05, 3.63) is 28.8 Å². The van der Waals surface area contributed by atoms with Gasteiger partial charge in [0.05, 0.1) is 22.7 Å². The number of aryl methyl sites for hydroxylation is 1. The molecule has 1 heterocycles. The summed E-state index contributed by atoms with van der Waals surface area (Å²) in [6, 6.07) is 4.67. The quantitative estimate of drug-likeness (QED) is 0.759. The van der Waals surface area contributed by atoms with Crippen LogP contribution in [0.15, 0.2) is 12.1 Å². The minimum atomic E-state index is 0.382. The molecule has 1 aliphatic heterocycles. The minimum Gasteiger partial charge on any atom is -0.381 e. The third-order valence-electron chi connectivity index (χ3n) is 3.94. The van der Waals surface area contributed by atoms with E-state index in [0.717, 1.165) is 22.7 Å². The lowest BCUT2D eigenvalue weighted by Crippen LogP contribution is -2.44. The van der Waals surface area contributed by atoms with Gasteiger partial charge in [0.2, 0.25) is 0 Å². The Morgan fingerprint density at radius 3 is 2.05 bits per heavy atom. The molecule has 2 rings (SSSR count). The van der Waals surface area contributed by atoms with Crippen molar-refractivity contribution in [2.75, 3.05) is 13.2 Å². The molecule has 2 heteroatoms. The summed E-state index contributed by atoms with van der Waals surface area (Å²) in [5.41, 5.74) is 4.62. The molecule has 0 atom stereocenters. The Balaban J connectivity index is 2.45. The van der Waals surface area contributed by atoms with Gasteiger partial charge in [0, 0.05) is 5.04 Å². The molecule has 0 amide bonds. The normalized spacial score (nSPS) is 17.9. The first-order valence-corrected chi connectivity index (χ1v) is 8.33. The van der Waals surface area contributed by atoms with E-state index in [9.17, 15) is 0 Å². The summed E-state index contributed by atoms with van der Waals surface area (Å²) in [4.78, 5) is 0. The first kappa shape index (κ1) is 14.8. The smallest absolute Gasteiger partial charge is 0.0933 e. The zero-order valence-electron chi connectivity index (χ0n) is 13.1. The fourth-order valence-corrected chi connectivity index (χ4v) is 4.77. The van der Waals surface area contributed by atoms with Crippen LogP contribution in [-0.4, -0.2) is 22.7 Å². The second kappa shape index (κ2) is 5.41. The van der Waals surface area contributed by atoms with Gasteiger partial charge < -0.3 is 4.74 Å². The molecule has 0 spiro atoms. The first-order valence-electron chi connectivity index (χ1n) is 7.33. The molecule has 0 aliphatic carbocycles. The van der Waals surface area contributed by atoms with Crippen molar-refractivity contribution in [3.63, 3.8) is 0 Å². The Morgan fingerprint density at radius 2 is 1.63 bits per heavy atom. The van der Waals surface area contributed by atoms with Crippen LogP contribution >= 0.6 is 0 Å². The highest BCUT2D eigenvalue weighted by Crippen LogP contribution is 2.35. The highest BCUT2D eigenvalue weighted by atomic mass is 28.2. The zero-order valence-corrected chi connectivity index (χ0v) is 14.1. The minimum absolute atomic E-state index is 0.382. The summed E-state index contributed by atoms with van der Waals surface area (Å²) in [6.45, 7) is 15.7. The van der Waals surface area contributed by atoms with Gasteiger partial charge in [-0.3, -0.25) is 0 Å². The Bertz CT molecular complexity index is 459. The molecule has 2 radical (unpaired) electrons. The maximum absolute atomic E-state index is 5.42. The number of hydrogen-bond donors (Lipinski definition) is 0. The van der Waals surface area contributed by atoms with Gasteiger partial charge in [-0.25, -0.2) is 0 Å². The van der Waals surface area contributed by atoms with E-state index >= 15 is 0 Å². The molecular formula is C17H26OSi. The van der Waals surface area contributed by atoms with E-state index in [1.807, 2.05) is 0 Å². The van der Waals surface area contributed by atoms with Gasteiger partial charge in [0.15, 0.2) is 0 Å². The van der Waals surface area contributed by atoms with Crippen molar-refractivity contribution in [1.82, 2.24) is 0 Å². The zero-order chi connectivity index (χ0) is 14.2. The van der Waals surface area contributed by atoms with E-state index in [0.29, 0.717) is 16.9 Å². The topological polar surface area (TPSA) is 9.23 Å². The molecule has 1 nitrogen and oxygen atoms in total. The number of benzene rings is 1.